The van der Waals surface area contributed by atoms with E-state index in [0.717, 1.165) is 17.7 Å². The van der Waals surface area contributed by atoms with Gasteiger partial charge in [-0.3, -0.25) is 0 Å². The Balaban J connectivity index is 2.17. The van der Waals surface area contributed by atoms with Crippen LogP contribution >= 0.6 is 0 Å². The molecular formula is C15H22O4. The molecule has 106 valence electrons. The summed E-state index contributed by atoms with van der Waals surface area (Å²) < 4.78 is 16.1. The van der Waals surface area contributed by atoms with E-state index in [9.17, 15) is 5.11 Å². The van der Waals surface area contributed by atoms with E-state index in [-0.39, 0.29) is 5.92 Å². The molecule has 2 atom stereocenters. The first-order chi connectivity index (χ1) is 9.16. The molecule has 4 heteroatoms. The summed E-state index contributed by atoms with van der Waals surface area (Å²) in [7, 11) is 1.64. The van der Waals surface area contributed by atoms with E-state index in [2.05, 4.69) is 0 Å². The summed E-state index contributed by atoms with van der Waals surface area (Å²) >= 11 is 0. The number of rotatable bonds is 6. The van der Waals surface area contributed by atoms with Crippen molar-refractivity contribution in [1.29, 1.82) is 0 Å². The van der Waals surface area contributed by atoms with Crippen LogP contribution in [-0.4, -0.2) is 38.6 Å². The van der Waals surface area contributed by atoms with E-state index in [1.54, 1.807) is 7.11 Å². The predicted octanol–water partition coefficient (Wildman–Crippen LogP) is 1.96. The fourth-order valence-corrected chi connectivity index (χ4v) is 2.44. The molecule has 0 amide bonds. The van der Waals surface area contributed by atoms with Gasteiger partial charge in [0.1, 0.15) is 12.4 Å². The normalized spacial score (nSPS) is 22.2. The van der Waals surface area contributed by atoms with Crippen LogP contribution in [0.1, 0.15) is 18.9 Å². The topological polar surface area (TPSA) is 47.9 Å². The standard InChI is InChI=1S/C15H22O4/c1-15(16,12-7-8-18-11-12)13-5-3-4-6-14(13)19-10-9-17-2/h3-6,12,16H,7-11H2,1-2H3. The fourth-order valence-electron chi connectivity index (χ4n) is 2.44. The van der Waals surface area contributed by atoms with Crippen molar-refractivity contribution >= 4 is 0 Å². The van der Waals surface area contributed by atoms with Crippen molar-refractivity contribution in [3.63, 3.8) is 0 Å². The predicted molar refractivity (Wildman–Crippen MR) is 72.3 cm³/mol. The maximum atomic E-state index is 10.8. The summed E-state index contributed by atoms with van der Waals surface area (Å²) in [6.45, 7) is 4.16. The van der Waals surface area contributed by atoms with Crippen LogP contribution in [0.5, 0.6) is 5.75 Å². The van der Waals surface area contributed by atoms with E-state index < -0.39 is 5.60 Å². The van der Waals surface area contributed by atoms with Gasteiger partial charge in [-0.05, 0) is 19.4 Å². The van der Waals surface area contributed by atoms with Gasteiger partial charge in [-0.2, -0.15) is 0 Å². The second kappa shape index (κ2) is 6.37. The number of para-hydroxylation sites is 1. The molecule has 0 aromatic heterocycles. The van der Waals surface area contributed by atoms with Crippen molar-refractivity contribution in [2.45, 2.75) is 18.9 Å². The second-order valence-corrected chi connectivity index (χ2v) is 5.05. The molecule has 0 bridgehead atoms. The third-order valence-electron chi connectivity index (χ3n) is 3.70. The summed E-state index contributed by atoms with van der Waals surface area (Å²) in [6.07, 6.45) is 0.874. The molecule has 1 aromatic carbocycles. The maximum absolute atomic E-state index is 10.8. The zero-order valence-corrected chi connectivity index (χ0v) is 11.6. The molecule has 1 heterocycles. The van der Waals surface area contributed by atoms with Gasteiger partial charge in [-0.15, -0.1) is 0 Å². The lowest BCUT2D eigenvalue weighted by atomic mass is 9.82. The molecule has 0 aliphatic carbocycles. The van der Waals surface area contributed by atoms with Gasteiger partial charge in [0.25, 0.3) is 0 Å². The summed E-state index contributed by atoms with van der Waals surface area (Å²) in [6, 6.07) is 7.63. The Morgan fingerprint density at radius 3 is 2.84 bits per heavy atom. The van der Waals surface area contributed by atoms with Crippen molar-refractivity contribution in [1.82, 2.24) is 0 Å². The summed E-state index contributed by atoms with van der Waals surface area (Å²) in [5.41, 5.74) is -0.109. The highest BCUT2D eigenvalue weighted by Gasteiger charge is 2.38. The molecule has 0 saturated carbocycles. The van der Waals surface area contributed by atoms with Crippen LogP contribution in [0.4, 0.5) is 0 Å². The van der Waals surface area contributed by atoms with Crippen LogP contribution in [0, 0.1) is 5.92 Å². The minimum absolute atomic E-state index is 0.111. The van der Waals surface area contributed by atoms with Crippen LogP contribution in [0.25, 0.3) is 0 Å². The van der Waals surface area contributed by atoms with E-state index in [4.69, 9.17) is 14.2 Å². The van der Waals surface area contributed by atoms with E-state index in [1.807, 2.05) is 31.2 Å². The van der Waals surface area contributed by atoms with Crippen LogP contribution < -0.4 is 4.74 Å². The Hall–Kier alpha value is -1.10. The first-order valence-corrected chi connectivity index (χ1v) is 6.67. The maximum Gasteiger partial charge on any atom is 0.125 e. The van der Waals surface area contributed by atoms with Crippen molar-refractivity contribution in [3.8, 4) is 5.75 Å². The smallest absolute Gasteiger partial charge is 0.125 e. The van der Waals surface area contributed by atoms with Crippen molar-refractivity contribution in [3.05, 3.63) is 29.8 Å². The third-order valence-corrected chi connectivity index (χ3v) is 3.70. The van der Waals surface area contributed by atoms with E-state index in [0.29, 0.717) is 26.4 Å². The molecule has 1 N–H and O–H groups in total. The number of ether oxygens (including phenoxy) is 3. The lowest BCUT2D eigenvalue weighted by Gasteiger charge is -2.31. The van der Waals surface area contributed by atoms with Gasteiger partial charge in [0.05, 0.1) is 18.8 Å². The molecule has 0 spiro atoms. The first-order valence-electron chi connectivity index (χ1n) is 6.67. The van der Waals surface area contributed by atoms with Crippen LogP contribution in [0.2, 0.25) is 0 Å². The number of hydrogen-bond donors (Lipinski definition) is 1. The second-order valence-electron chi connectivity index (χ2n) is 5.05. The van der Waals surface area contributed by atoms with Gasteiger partial charge in [-0.25, -0.2) is 0 Å². The number of aliphatic hydroxyl groups is 1. The summed E-state index contributed by atoms with van der Waals surface area (Å²) in [5.74, 6) is 0.830. The number of methoxy groups -OCH3 is 1. The minimum atomic E-state index is -0.930. The Morgan fingerprint density at radius 2 is 2.16 bits per heavy atom. The molecule has 19 heavy (non-hydrogen) atoms. The highest BCUT2D eigenvalue weighted by atomic mass is 16.5. The molecule has 1 fully saturated rings. The molecule has 1 aliphatic heterocycles. The lowest BCUT2D eigenvalue weighted by molar-refractivity contribution is -0.0123. The van der Waals surface area contributed by atoms with Gasteiger partial charge in [0.2, 0.25) is 0 Å². The molecule has 4 nitrogen and oxygen atoms in total. The SMILES string of the molecule is COCCOc1ccccc1C(C)(O)C1CCOC1. The minimum Gasteiger partial charge on any atom is -0.491 e. The molecule has 1 aliphatic rings. The Kier molecular flexibility index (Phi) is 4.80. The average Bonchev–Trinajstić information content (AvgIpc) is 2.94. The summed E-state index contributed by atoms with van der Waals surface area (Å²) in [5, 5.41) is 10.8. The van der Waals surface area contributed by atoms with Gasteiger partial charge in [-0.1, -0.05) is 18.2 Å². The Morgan fingerprint density at radius 1 is 1.37 bits per heavy atom. The quantitative estimate of drug-likeness (QED) is 0.800. The molecule has 1 aromatic rings. The Labute approximate surface area is 114 Å². The fraction of sp³-hybridized carbons (Fsp3) is 0.600. The third kappa shape index (κ3) is 3.26. The highest BCUT2D eigenvalue weighted by Crippen LogP contribution is 2.39. The van der Waals surface area contributed by atoms with E-state index >= 15 is 0 Å². The van der Waals surface area contributed by atoms with Crippen molar-refractivity contribution in [2.24, 2.45) is 5.92 Å². The zero-order chi connectivity index (χ0) is 13.7. The van der Waals surface area contributed by atoms with Gasteiger partial charge in [0.15, 0.2) is 0 Å². The molecule has 2 rings (SSSR count). The van der Waals surface area contributed by atoms with Gasteiger partial charge < -0.3 is 19.3 Å². The average molecular weight is 266 g/mol. The number of benzene rings is 1. The largest absolute Gasteiger partial charge is 0.491 e. The van der Waals surface area contributed by atoms with Crippen LogP contribution in [0.15, 0.2) is 24.3 Å². The van der Waals surface area contributed by atoms with Crippen molar-refractivity contribution < 1.29 is 19.3 Å². The first kappa shape index (κ1) is 14.3. The monoisotopic (exact) mass is 266 g/mol. The van der Waals surface area contributed by atoms with Crippen LogP contribution in [-0.2, 0) is 15.1 Å². The van der Waals surface area contributed by atoms with Gasteiger partial charge >= 0.3 is 0 Å². The Bertz CT molecular complexity index is 397. The zero-order valence-electron chi connectivity index (χ0n) is 11.6. The number of hydrogen-bond acceptors (Lipinski definition) is 4. The lowest BCUT2D eigenvalue weighted by Crippen LogP contribution is -2.32. The molecule has 1 saturated heterocycles. The van der Waals surface area contributed by atoms with E-state index in [1.165, 1.54) is 0 Å². The molecule has 0 radical (unpaired) electrons. The van der Waals surface area contributed by atoms with Crippen molar-refractivity contribution in [2.75, 3.05) is 33.5 Å². The summed E-state index contributed by atoms with van der Waals surface area (Å²) in [4.78, 5) is 0. The molecular weight excluding hydrogens is 244 g/mol. The van der Waals surface area contributed by atoms with Gasteiger partial charge in [0, 0.05) is 25.2 Å². The highest BCUT2D eigenvalue weighted by molar-refractivity contribution is 5.38. The molecule has 2 unspecified atom stereocenters. The van der Waals surface area contributed by atoms with Crippen LogP contribution in [0.3, 0.4) is 0 Å².